The fraction of sp³-hybridized carbons (Fsp3) is 0.222. The van der Waals surface area contributed by atoms with Crippen LogP contribution in [0.2, 0.25) is 0 Å². The smallest absolute Gasteiger partial charge is 0.0840 e. The van der Waals surface area contributed by atoms with E-state index in [4.69, 9.17) is 4.74 Å². The Hall–Kier alpha value is -1.86. The van der Waals surface area contributed by atoms with Crippen LogP contribution in [0.4, 0.5) is 0 Å². The van der Waals surface area contributed by atoms with E-state index in [1.807, 2.05) is 0 Å². The van der Waals surface area contributed by atoms with Crippen LogP contribution in [0.1, 0.15) is 23.0 Å². The third kappa shape index (κ3) is 1.73. The quantitative estimate of drug-likeness (QED) is 0.733. The monoisotopic (exact) mass is 248 g/mol. The van der Waals surface area contributed by atoms with Crippen molar-refractivity contribution in [1.82, 2.24) is 0 Å². The SMILES string of the molecule is C1=CC2OC1C(c1ccccc1)C2c1ccccc1. The zero-order chi connectivity index (χ0) is 12.7. The summed E-state index contributed by atoms with van der Waals surface area (Å²) in [6.45, 7) is 0. The summed E-state index contributed by atoms with van der Waals surface area (Å²) < 4.78 is 6.10. The summed E-state index contributed by atoms with van der Waals surface area (Å²) in [4.78, 5) is 0. The van der Waals surface area contributed by atoms with E-state index in [0.29, 0.717) is 11.8 Å². The number of hydrogen-bond acceptors (Lipinski definition) is 1. The molecular weight excluding hydrogens is 232 g/mol. The van der Waals surface area contributed by atoms with Crippen LogP contribution in [0, 0.1) is 0 Å². The van der Waals surface area contributed by atoms with E-state index in [0.717, 1.165) is 0 Å². The Kier molecular flexibility index (Phi) is 2.52. The van der Waals surface area contributed by atoms with Crippen LogP contribution < -0.4 is 0 Å². The Morgan fingerprint density at radius 3 is 1.42 bits per heavy atom. The molecule has 0 N–H and O–H groups in total. The minimum absolute atomic E-state index is 0.234. The van der Waals surface area contributed by atoms with Crippen molar-refractivity contribution in [2.45, 2.75) is 24.0 Å². The molecule has 4 atom stereocenters. The average Bonchev–Trinajstić information content (AvgIpc) is 3.10. The molecule has 19 heavy (non-hydrogen) atoms. The van der Waals surface area contributed by atoms with Gasteiger partial charge in [0.1, 0.15) is 0 Å². The molecule has 1 fully saturated rings. The lowest BCUT2D eigenvalue weighted by molar-refractivity contribution is 0.113. The van der Waals surface area contributed by atoms with Crippen LogP contribution in [-0.2, 0) is 4.74 Å². The molecule has 2 aliphatic heterocycles. The summed E-state index contributed by atoms with van der Waals surface area (Å²) in [6, 6.07) is 21.5. The highest BCUT2D eigenvalue weighted by Gasteiger charge is 2.46. The van der Waals surface area contributed by atoms with E-state index in [2.05, 4.69) is 72.8 Å². The van der Waals surface area contributed by atoms with Crippen LogP contribution in [-0.4, -0.2) is 12.2 Å². The lowest BCUT2D eigenvalue weighted by atomic mass is 9.75. The maximum Gasteiger partial charge on any atom is 0.0840 e. The molecular formula is C18H16O. The van der Waals surface area contributed by atoms with Crippen molar-refractivity contribution in [3.8, 4) is 0 Å². The zero-order valence-electron chi connectivity index (χ0n) is 10.6. The zero-order valence-corrected chi connectivity index (χ0v) is 10.6. The second-order valence-corrected chi connectivity index (χ2v) is 5.32. The molecule has 94 valence electrons. The first kappa shape index (κ1) is 11.0. The number of benzene rings is 2. The summed E-state index contributed by atoms with van der Waals surface area (Å²) >= 11 is 0. The summed E-state index contributed by atoms with van der Waals surface area (Å²) in [5, 5.41) is 0. The lowest BCUT2D eigenvalue weighted by Crippen LogP contribution is -2.20. The number of hydrogen-bond donors (Lipinski definition) is 0. The van der Waals surface area contributed by atoms with Crippen molar-refractivity contribution in [2.24, 2.45) is 0 Å². The molecule has 2 aromatic carbocycles. The summed E-state index contributed by atoms with van der Waals surface area (Å²) in [7, 11) is 0. The van der Waals surface area contributed by atoms with Crippen LogP contribution in [0.25, 0.3) is 0 Å². The summed E-state index contributed by atoms with van der Waals surface area (Å²) in [5.41, 5.74) is 2.77. The van der Waals surface area contributed by atoms with Gasteiger partial charge in [-0.25, -0.2) is 0 Å². The highest BCUT2D eigenvalue weighted by atomic mass is 16.5. The molecule has 2 heterocycles. The molecule has 2 bridgehead atoms. The predicted molar refractivity (Wildman–Crippen MR) is 76.2 cm³/mol. The van der Waals surface area contributed by atoms with Gasteiger partial charge in [-0.1, -0.05) is 72.8 Å². The molecule has 1 saturated heterocycles. The first-order chi connectivity index (χ1) is 9.43. The topological polar surface area (TPSA) is 9.23 Å². The Morgan fingerprint density at radius 1 is 0.579 bits per heavy atom. The Balaban J connectivity index is 1.79. The van der Waals surface area contributed by atoms with Crippen LogP contribution in [0.15, 0.2) is 72.8 Å². The molecule has 2 aliphatic rings. The first-order valence-electron chi connectivity index (χ1n) is 6.87. The van der Waals surface area contributed by atoms with Gasteiger partial charge in [0.25, 0.3) is 0 Å². The van der Waals surface area contributed by atoms with E-state index in [-0.39, 0.29) is 12.2 Å². The molecule has 2 aromatic rings. The van der Waals surface area contributed by atoms with Gasteiger partial charge in [-0.2, -0.15) is 0 Å². The first-order valence-corrected chi connectivity index (χ1v) is 6.87. The molecule has 0 saturated carbocycles. The predicted octanol–water partition coefficient (Wildman–Crippen LogP) is 3.89. The van der Waals surface area contributed by atoms with Gasteiger partial charge in [0.15, 0.2) is 0 Å². The maximum atomic E-state index is 6.10. The van der Waals surface area contributed by atoms with Gasteiger partial charge in [0.2, 0.25) is 0 Å². The molecule has 0 aromatic heterocycles. The molecule has 4 unspecified atom stereocenters. The third-order valence-electron chi connectivity index (χ3n) is 4.27. The van der Waals surface area contributed by atoms with Gasteiger partial charge >= 0.3 is 0 Å². The largest absolute Gasteiger partial charge is 0.366 e. The van der Waals surface area contributed by atoms with Crippen molar-refractivity contribution in [2.75, 3.05) is 0 Å². The van der Waals surface area contributed by atoms with Crippen molar-refractivity contribution in [1.29, 1.82) is 0 Å². The van der Waals surface area contributed by atoms with Gasteiger partial charge in [0, 0.05) is 11.8 Å². The molecule has 0 spiro atoms. The van der Waals surface area contributed by atoms with Crippen molar-refractivity contribution >= 4 is 0 Å². The minimum atomic E-state index is 0.234. The standard InChI is InChI=1S/C18H16O/c1-3-7-13(8-4-1)17-15-11-12-16(19-15)18(17)14-9-5-2-6-10-14/h1-12,15-18H. The number of ether oxygens (including phenoxy) is 1. The van der Waals surface area contributed by atoms with Gasteiger partial charge < -0.3 is 4.74 Å². The fourth-order valence-electron chi connectivity index (χ4n) is 3.45. The van der Waals surface area contributed by atoms with E-state index in [9.17, 15) is 0 Å². The fourth-order valence-corrected chi connectivity index (χ4v) is 3.45. The molecule has 0 amide bonds. The number of fused-ring (bicyclic) bond motifs is 2. The van der Waals surface area contributed by atoms with Gasteiger partial charge in [-0.05, 0) is 11.1 Å². The van der Waals surface area contributed by atoms with E-state index in [1.54, 1.807) is 0 Å². The maximum absolute atomic E-state index is 6.10. The van der Waals surface area contributed by atoms with Crippen LogP contribution >= 0.6 is 0 Å². The van der Waals surface area contributed by atoms with E-state index in [1.165, 1.54) is 11.1 Å². The minimum Gasteiger partial charge on any atom is -0.366 e. The van der Waals surface area contributed by atoms with Gasteiger partial charge in [0.05, 0.1) is 12.2 Å². The third-order valence-corrected chi connectivity index (χ3v) is 4.27. The lowest BCUT2D eigenvalue weighted by Gasteiger charge is -2.26. The average molecular weight is 248 g/mol. The highest BCUT2D eigenvalue weighted by Crippen LogP contribution is 2.50. The molecule has 0 aliphatic carbocycles. The molecule has 1 heteroatoms. The second-order valence-electron chi connectivity index (χ2n) is 5.32. The summed E-state index contributed by atoms with van der Waals surface area (Å²) in [6.07, 6.45) is 4.92. The summed E-state index contributed by atoms with van der Waals surface area (Å²) in [5.74, 6) is 0.886. The molecule has 0 radical (unpaired) electrons. The second kappa shape index (κ2) is 4.36. The number of rotatable bonds is 2. The Labute approximate surface area is 113 Å². The van der Waals surface area contributed by atoms with Crippen molar-refractivity contribution in [3.05, 3.63) is 83.9 Å². The van der Waals surface area contributed by atoms with E-state index >= 15 is 0 Å². The normalized spacial score (nSPS) is 31.8. The Bertz CT molecular complexity index is 534. The van der Waals surface area contributed by atoms with Crippen LogP contribution in [0.3, 0.4) is 0 Å². The van der Waals surface area contributed by atoms with Crippen LogP contribution in [0.5, 0.6) is 0 Å². The van der Waals surface area contributed by atoms with Gasteiger partial charge in [-0.15, -0.1) is 0 Å². The van der Waals surface area contributed by atoms with Gasteiger partial charge in [-0.3, -0.25) is 0 Å². The molecule has 1 nitrogen and oxygen atoms in total. The van der Waals surface area contributed by atoms with E-state index < -0.39 is 0 Å². The Morgan fingerprint density at radius 2 is 1.00 bits per heavy atom. The van der Waals surface area contributed by atoms with Crippen molar-refractivity contribution in [3.63, 3.8) is 0 Å². The molecule has 4 rings (SSSR count). The van der Waals surface area contributed by atoms with Crippen molar-refractivity contribution < 1.29 is 4.74 Å². The highest BCUT2D eigenvalue weighted by molar-refractivity contribution is 5.38.